The summed E-state index contributed by atoms with van der Waals surface area (Å²) in [6, 6.07) is 15.2. The summed E-state index contributed by atoms with van der Waals surface area (Å²) >= 11 is 1.62. The summed E-state index contributed by atoms with van der Waals surface area (Å²) in [7, 11) is 0. The average molecular weight is 516 g/mol. The van der Waals surface area contributed by atoms with Crippen LogP contribution in [0.3, 0.4) is 0 Å². The van der Waals surface area contributed by atoms with Crippen molar-refractivity contribution in [3.63, 3.8) is 0 Å². The Bertz CT molecular complexity index is 1400. The molecule has 0 amide bonds. The highest BCUT2D eigenvalue weighted by Crippen LogP contribution is 2.44. The zero-order chi connectivity index (χ0) is 25.4. The normalized spacial score (nSPS) is 16.3. The topological polar surface area (TPSA) is 88.7 Å². The molecule has 2 aliphatic rings. The van der Waals surface area contributed by atoms with Crippen LogP contribution in [0.1, 0.15) is 58.8 Å². The summed E-state index contributed by atoms with van der Waals surface area (Å²) in [5, 5.41) is 16.6. The molecule has 1 saturated carbocycles. The molecular formula is C29H29N3O4S. The Kier molecular flexibility index (Phi) is 6.52. The lowest BCUT2D eigenvalue weighted by atomic mass is 10.0. The van der Waals surface area contributed by atoms with E-state index >= 15 is 0 Å². The smallest absolute Gasteiger partial charge is 0.335 e. The summed E-state index contributed by atoms with van der Waals surface area (Å²) in [5.74, 6) is 0.558. The number of aromatic carboxylic acids is 1. The summed E-state index contributed by atoms with van der Waals surface area (Å²) < 4.78 is 12.3. The number of nitrogens with zero attached hydrogens (tertiary/aromatic N) is 3. The zero-order valence-electron chi connectivity index (χ0n) is 20.7. The number of carboxylic acid groups (broad SMARTS) is 1. The van der Waals surface area contributed by atoms with E-state index in [2.05, 4.69) is 29.1 Å². The van der Waals surface area contributed by atoms with Crippen molar-refractivity contribution in [3.05, 3.63) is 76.4 Å². The first-order valence-corrected chi connectivity index (χ1v) is 13.6. The minimum Gasteiger partial charge on any atom is -0.478 e. The number of piperidine rings is 1. The van der Waals surface area contributed by atoms with Gasteiger partial charge in [-0.1, -0.05) is 41.6 Å². The monoisotopic (exact) mass is 515 g/mol. The largest absolute Gasteiger partial charge is 0.478 e. The molecule has 2 aromatic heterocycles. The van der Waals surface area contributed by atoms with E-state index in [1.165, 1.54) is 5.56 Å². The molecule has 2 aromatic carbocycles. The molecular weight excluding hydrogens is 486 g/mol. The molecule has 0 bridgehead atoms. The van der Waals surface area contributed by atoms with E-state index in [-0.39, 0.29) is 11.7 Å². The van der Waals surface area contributed by atoms with Gasteiger partial charge in [0, 0.05) is 41.1 Å². The first-order chi connectivity index (χ1) is 18.1. The molecule has 37 heavy (non-hydrogen) atoms. The molecule has 1 aliphatic carbocycles. The van der Waals surface area contributed by atoms with E-state index in [4.69, 9.17) is 19.4 Å². The third-order valence-electron chi connectivity index (χ3n) is 7.26. The van der Waals surface area contributed by atoms with Crippen molar-refractivity contribution in [2.24, 2.45) is 0 Å². The highest BCUT2D eigenvalue weighted by molar-refractivity contribution is 7.14. The average Bonchev–Trinajstić information content (AvgIpc) is 3.49. The van der Waals surface area contributed by atoms with Gasteiger partial charge >= 0.3 is 5.97 Å². The fraction of sp³-hybridized carbons (Fsp3) is 0.345. The van der Waals surface area contributed by atoms with Crippen LogP contribution in [0.5, 0.6) is 0 Å². The van der Waals surface area contributed by atoms with Gasteiger partial charge in [0.15, 0.2) is 5.13 Å². The Morgan fingerprint density at radius 1 is 1.11 bits per heavy atom. The van der Waals surface area contributed by atoms with Crippen molar-refractivity contribution in [3.8, 4) is 22.5 Å². The molecule has 190 valence electrons. The molecule has 0 radical (unpaired) electrons. The molecule has 0 unspecified atom stereocenters. The second-order valence-electron chi connectivity index (χ2n) is 9.86. The van der Waals surface area contributed by atoms with Crippen LogP contribution in [-0.4, -0.2) is 40.4 Å². The predicted molar refractivity (Wildman–Crippen MR) is 143 cm³/mol. The van der Waals surface area contributed by atoms with Gasteiger partial charge in [-0.25, -0.2) is 9.78 Å². The highest BCUT2D eigenvalue weighted by atomic mass is 32.1. The number of hydrogen-bond acceptors (Lipinski definition) is 7. The van der Waals surface area contributed by atoms with E-state index in [0.717, 1.165) is 77.7 Å². The number of ether oxygens (including phenoxy) is 1. The summed E-state index contributed by atoms with van der Waals surface area (Å²) in [6.45, 7) is 4.41. The molecule has 8 heteroatoms. The van der Waals surface area contributed by atoms with Crippen molar-refractivity contribution < 1.29 is 19.2 Å². The number of thiazole rings is 1. The molecule has 0 spiro atoms. The Labute approximate surface area is 219 Å². The van der Waals surface area contributed by atoms with Crippen LogP contribution in [0.4, 0.5) is 5.13 Å². The van der Waals surface area contributed by atoms with Crippen LogP contribution < -0.4 is 4.90 Å². The van der Waals surface area contributed by atoms with Gasteiger partial charge in [0.25, 0.3) is 0 Å². The molecule has 7 nitrogen and oxygen atoms in total. The minimum atomic E-state index is -0.921. The maximum Gasteiger partial charge on any atom is 0.335 e. The Balaban J connectivity index is 1.09. The summed E-state index contributed by atoms with van der Waals surface area (Å²) in [4.78, 5) is 18.2. The van der Waals surface area contributed by atoms with E-state index in [9.17, 15) is 4.79 Å². The van der Waals surface area contributed by atoms with Gasteiger partial charge in [-0.15, -0.1) is 11.3 Å². The van der Waals surface area contributed by atoms with Gasteiger partial charge in [-0.05, 0) is 50.3 Å². The van der Waals surface area contributed by atoms with Crippen molar-refractivity contribution in [1.82, 2.24) is 10.1 Å². The van der Waals surface area contributed by atoms with Gasteiger partial charge in [0.2, 0.25) is 0 Å². The second-order valence-corrected chi connectivity index (χ2v) is 10.7. The van der Waals surface area contributed by atoms with Crippen LogP contribution in [-0.2, 0) is 11.3 Å². The molecule has 3 heterocycles. The number of aryl methyl sites for hydroxylation is 1. The minimum absolute atomic E-state index is 0.186. The quantitative estimate of drug-likeness (QED) is 0.285. The van der Waals surface area contributed by atoms with Gasteiger partial charge in [-0.3, -0.25) is 0 Å². The van der Waals surface area contributed by atoms with E-state index in [1.807, 2.05) is 29.6 Å². The first kappa shape index (κ1) is 23.9. The Morgan fingerprint density at radius 2 is 1.86 bits per heavy atom. The number of aromatic nitrogens is 2. The van der Waals surface area contributed by atoms with Crippen LogP contribution >= 0.6 is 11.3 Å². The van der Waals surface area contributed by atoms with E-state index < -0.39 is 5.97 Å². The number of carbonyl (C=O) groups is 1. The van der Waals surface area contributed by atoms with E-state index in [0.29, 0.717) is 12.5 Å². The summed E-state index contributed by atoms with van der Waals surface area (Å²) in [6.07, 6.45) is 4.38. The van der Waals surface area contributed by atoms with Crippen molar-refractivity contribution in [2.45, 2.75) is 51.2 Å². The van der Waals surface area contributed by atoms with Crippen LogP contribution in [0, 0.1) is 6.92 Å². The lowest BCUT2D eigenvalue weighted by Gasteiger charge is -2.31. The molecule has 6 rings (SSSR count). The third kappa shape index (κ3) is 5.04. The Morgan fingerprint density at radius 3 is 2.57 bits per heavy atom. The van der Waals surface area contributed by atoms with Crippen molar-refractivity contribution in [1.29, 1.82) is 0 Å². The fourth-order valence-electron chi connectivity index (χ4n) is 4.92. The van der Waals surface area contributed by atoms with Crippen LogP contribution in [0.2, 0.25) is 0 Å². The van der Waals surface area contributed by atoms with Crippen LogP contribution in [0.15, 0.2) is 58.4 Å². The van der Waals surface area contributed by atoms with Gasteiger partial charge in [-0.2, -0.15) is 0 Å². The molecule has 1 aliphatic heterocycles. The standard InChI is InChI=1S/C29H29N3O4S/c1-18-4-2-3-5-23(18)26-24(27(36-31-26)20-8-9-20)16-35-22-12-14-32(15-13-22)29-30-25(17-37-29)19-6-10-21(11-7-19)28(33)34/h2-7,10-11,17,20,22H,8-9,12-16H2,1H3,(H,33,34). The van der Waals surface area contributed by atoms with Gasteiger partial charge < -0.3 is 19.3 Å². The SMILES string of the molecule is Cc1ccccc1-c1noc(C2CC2)c1COC1CCN(c2nc(-c3ccc(C(=O)O)cc3)cs2)CC1. The number of rotatable bonds is 8. The number of carboxylic acids is 1. The van der Waals surface area contributed by atoms with Crippen molar-refractivity contribution in [2.75, 3.05) is 18.0 Å². The maximum absolute atomic E-state index is 11.1. The molecule has 0 atom stereocenters. The first-order valence-electron chi connectivity index (χ1n) is 12.8. The van der Waals surface area contributed by atoms with Gasteiger partial charge in [0.1, 0.15) is 11.5 Å². The van der Waals surface area contributed by atoms with E-state index in [1.54, 1.807) is 23.5 Å². The Hall–Kier alpha value is -3.49. The fourth-order valence-corrected chi connectivity index (χ4v) is 5.81. The van der Waals surface area contributed by atoms with Crippen molar-refractivity contribution >= 4 is 22.4 Å². The zero-order valence-corrected chi connectivity index (χ0v) is 21.5. The lowest BCUT2D eigenvalue weighted by molar-refractivity contribution is 0.0246. The summed E-state index contributed by atoms with van der Waals surface area (Å²) in [5.41, 5.74) is 6.41. The third-order valence-corrected chi connectivity index (χ3v) is 8.16. The highest BCUT2D eigenvalue weighted by Gasteiger charge is 2.33. The lowest BCUT2D eigenvalue weighted by Crippen LogP contribution is -2.37. The number of hydrogen-bond donors (Lipinski definition) is 1. The maximum atomic E-state index is 11.1. The predicted octanol–water partition coefficient (Wildman–Crippen LogP) is 6.53. The number of benzene rings is 2. The number of anilines is 1. The molecule has 1 saturated heterocycles. The van der Waals surface area contributed by atoms with Crippen LogP contribution in [0.25, 0.3) is 22.5 Å². The van der Waals surface area contributed by atoms with Gasteiger partial charge in [0.05, 0.1) is 24.0 Å². The molecule has 4 aromatic rings. The second kappa shape index (κ2) is 10.1. The molecule has 2 fully saturated rings. The molecule has 1 N–H and O–H groups in total.